The fraction of sp³-hybridized carbons (Fsp3) is 1.00. The molecule has 13 heavy (non-hydrogen) atoms. The monoisotopic (exact) mass is 218 g/mol. The average molecular weight is 218 g/mol. The van der Waals surface area contributed by atoms with Crippen LogP contribution < -0.4 is 5.14 Å². The Hall–Kier alpha value is -0.340. The van der Waals surface area contributed by atoms with Gasteiger partial charge in [-0.25, -0.2) is 5.14 Å². The highest BCUT2D eigenvalue weighted by atomic mass is 32.2. The first-order valence-corrected chi connectivity index (χ1v) is 5.09. The van der Waals surface area contributed by atoms with Crippen LogP contribution >= 0.6 is 0 Å². The highest BCUT2D eigenvalue weighted by Crippen LogP contribution is 2.33. The molecule has 1 fully saturated rings. The van der Waals surface area contributed by atoms with Crippen molar-refractivity contribution in [1.82, 2.24) is 4.31 Å². The molecular weight excluding hydrogens is 209 g/mol. The van der Waals surface area contributed by atoms with Crippen LogP contribution in [0.2, 0.25) is 0 Å². The van der Waals surface area contributed by atoms with Crippen molar-refractivity contribution in [2.45, 2.75) is 25.1 Å². The Kier molecular flexibility index (Phi) is 2.56. The molecule has 1 heterocycles. The molecule has 0 aromatic rings. The zero-order valence-corrected chi connectivity index (χ0v) is 7.40. The van der Waals surface area contributed by atoms with E-state index in [0.717, 1.165) is 0 Å². The third-order valence-electron chi connectivity index (χ3n) is 1.91. The summed E-state index contributed by atoms with van der Waals surface area (Å²) in [5.74, 6) is 0. The summed E-state index contributed by atoms with van der Waals surface area (Å²) in [5, 5.41) is 4.63. The van der Waals surface area contributed by atoms with Crippen molar-refractivity contribution in [1.29, 1.82) is 0 Å². The van der Waals surface area contributed by atoms with E-state index in [1.54, 1.807) is 0 Å². The molecule has 1 atom stereocenters. The molecular formula is C5H9F3N2O2S. The molecule has 78 valence electrons. The highest BCUT2D eigenvalue weighted by Gasteiger charge is 2.49. The maximum absolute atomic E-state index is 12.2. The van der Waals surface area contributed by atoms with E-state index >= 15 is 0 Å². The number of alkyl halides is 3. The molecule has 4 nitrogen and oxygen atoms in total. The minimum atomic E-state index is -4.52. The van der Waals surface area contributed by atoms with E-state index in [-0.39, 0.29) is 19.4 Å². The van der Waals surface area contributed by atoms with Crippen LogP contribution in [0.15, 0.2) is 0 Å². The van der Waals surface area contributed by atoms with Gasteiger partial charge < -0.3 is 0 Å². The summed E-state index contributed by atoms with van der Waals surface area (Å²) in [4.78, 5) is 0. The first kappa shape index (κ1) is 10.7. The van der Waals surface area contributed by atoms with Crippen molar-refractivity contribution in [2.24, 2.45) is 5.14 Å². The molecule has 0 aliphatic carbocycles. The number of nitrogens with two attached hydrogens (primary N) is 1. The Labute approximate surface area is 73.7 Å². The van der Waals surface area contributed by atoms with Gasteiger partial charge in [-0.15, -0.1) is 0 Å². The molecule has 0 aromatic carbocycles. The normalized spacial score (nSPS) is 26.6. The zero-order chi connectivity index (χ0) is 10.3. The molecule has 0 amide bonds. The standard InChI is InChI=1S/C5H9F3N2O2S/c6-5(7,8)4-2-1-3-10(4)13(9,11)12/h4H,1-3H2,(H2,9,11,12)/t4-/m0/s1. The average Bonchev–Trinajstić information content (AvgIpc) is 2.27. The maximum Gasteiger partial charge on any atom is 0.405 e. The van der Waals surface area contributed by atoms with Crippen molar-refractivity contribution < 1.29 is 21.6 Å². The minimum Gasteiger partial charge on any atom is -0.216 e. The van der Waals surface area contributed by atoms with E-state index in [2.05, 4.69) is 5.14 Å². The lowest BCUT2D eigenvalue weighted by molar-refractivity contribution is -0.165. The van der Waals surface area contributed by atoms with Gasteiger partial charge in [-0.3, -0.25) is 0 Å². The Morgan fingerprint density at radius 1 is 1.38 bits per heavy atom. The van der Waals surface area contributed by atoms with Gasteiger partial charge in [0.2, 0.25) is 0 Å². The van der Waals surface area contributed by atoms with Gasteiger partial charge >= 0.3 is 6.18 Å². The smallest absolute Gasteiger partial charge is 0.216 e. The maximum atomic E-state index is 12.2. The second kappa shape index (κ2) is 3.10. The lowest BCUT2D eigenvalue weighted by atomic mass is 10.2. The molecule has 1 rings (SSSR count). The Morgan fingerprint density at radius 2 is 1.92 bits per heavy atom. The fourth-order valence-corrected chi connectivity index (χ4v) is 2.34. The molecule has 0 saturated carbocycles. The van der Waals surface area contributed by atoms with Crippen molar-refractivity contribution >= 4 is 10.2 Å². The van der Waals surface area contributed by atoms with E-state index in [1.807, 2.05) is 0 Å². The Balaban J connectivity index is 2.89. The van der Waals surface area contributed by atoms with Crippen molar-refractivity contribution in [3.05, 3.63) is 0 Å². The van der Waals surface area contributed by atoms with E-state index in [4.69, 9.17) is 0 Å². The van der Waals surface area contributed by atoms with Gasteiger partial charge in [0.15, 0.2) is 0 Å². The molecule has 0 spiro atoms. The molecule has 0 aromatic heterocycles. The molecule has 1 aliphatic heterocycles. The quantitative estimate of drug-likeness (QED) is 0.684. The summed E-state index contributed by atoms with van der Waals surface area (Å²) >= 11 is 0. The number of halogens is 3. The number of hydrogen-bond donors (Lipinski definition) is 1. The largest absolute Gasteiger partial charge is 0.405 e. The van der Waals surface area contributed by atoms with Crippen LogP contribution in [-0.4, -0.2) is 31.5 Å². The van der Waals surface area contributed by atoms with Gasteiger partial charge in [-0.2, -0.15) is 25.9 Å². The molecule has 8 heteroatoms. The fourth-order valence-electron chi connectivity index (χ4n) is 1.37. The summed E-state index contributed by atoms with van der Waals surface area (Å²) in [6, 6.07) is -1.94. The van der Waals surface area contributed by atoms with Gasteiger partial charge in [0.1, 0.15) is 6.04 Å². The van der Waals surface area contributed by atoms with Gasteiger partial charge in [0.05, 0.1) is 0 Å². The van der Waals surface area contributed by atoms with Gasteiger partial charge in [-0.1, -0.05) is 0 Å². The number of rotatable bonds is 1. The van der Waals surface area contributed by atoms with Crippen molar-refractivity contribution in [2.75, 3.05) is 6.54 Å². The SMILES string of the molecule is NS(=O)(=O)N1CCC[C@H]1C(F)(F)F. The van der Waals surface area contributed by atoms with Crippen LogP contribution in [0, 0.1) is 0 Å². The summed E-state index contributed by atoms with van der Waals surface area (Å²) in [5.41, 5.74) is 0. The van der Waals surface area contributed by atoms with Crippen LogP contribution in [0.25, 0.3) is 0 Å². The second-order valence-electron chi connectivity index (χ2n) is 2.86. The van der Waals surface area contributed by atoms with Crippen LogP contribution in [0.4, 0.5) is 13.2 Å². The van der Waals surface area contributed by atoms with Gasteiger partial charge in [0, 0.05) is 6.54 Å². The lowest BCUT2D eigenvalue weighted by Crippen LogP contribution is -2.47. The Morgan fingerprint density at radius 3 is 2.23 bits per heavy atom. The molecule has 1 saturated heterocycles. The van der Waals surface area contributed by atoms with Crippen LogP contribution in [0.1, 0.15) is 12.8 Å². The highest BCUT2D eigenvalue weighted by molar-refractivity contribution is 7.86. The molecule has 0 radical (unpaired) electrons. The summed E-state index contributed by atoms with van der Waals surface area (Å²) in [6.07, 6.45) is -4.54. The summed E-state index contributed by atoms with van der Waals surface area (Å²) in [6.45, 7) is -0.150. The van der Waals surface area contributed by atoms with Gasteiger partial charge in [0.25, 0.3) is 10.2 Å². The molecule has 2 N–H and O–H groups in total. The summed E-state index contributed by atoms with van der Waals surface area (Å²) in [7, 11) is -4.22. The van der Waals surface area contributed by atoms with Crippen LogP contribution in [-0.2, 0) is 10.2 Å². The minimum absolute atomic E-state index is 0.150. The van der Waals surface area contributed by atoms with E-state index in [1.165, 1.54) is 0 Å². The molecule has 0 unspecified atom stereocenters. The van der Waals surface area contributed by atoms with Crippen molar-refractivity contribution in [3.63, 3.8) is 0 Å². The number of hydrogen-bond acceptors (Lipinski definition) is 2. The van der Waals surface area contributed by atoms with Crippen LogP contribution in [0.5, 0.6) is 0 Å². The third kappa shape index (κ3) is 2.32. The summed E-state index contributed by atoms with van der Waals surface area (Å²) < 4.78 is 58.2. The molecule has 1 aliphatic rings. The van der Waals surface area contributed by atoms with E-state index in [9.17, 15) is 21.6 Å². The predicted molar refractivity (Wildman–Crippen MR) is 38.9 cm³/mol. The lowest BCUT2D eigenvalue weighted by Gasteiger charge is -2.23. The Bertz CT molecular complexity index is 287. The zero-order valence-electron chi connectivity index (χ0n) is 6.58. The van der Waals surface area contributed by atoms with Crippen LogP contribution in [0.3, 0.4) is 0 Å². The first-order chi connectivity index (χ1) is 5.73. The topological polar surface area (TPSA) is 63.4 Å². The predicted octanol–water partition coefficient (Wildman–Crippen LogP) is 0.217. The second-order valence-corrected chi connectivity index (χ2v) is 4.35. The molecule has 0 bridgehead atoms. The van der Waals surface area contributed by atoms with Crippen molar-refractivity contribution in [3.8, 4) is 0 Å². The van der Waals surface area contributed by atoms with E-state index < -0.39 is 22.4 Å². The van der Waals surface area contributed by atoms with E-state index in [0.29, 0.717) is 4.31 Å². The third-order valence-corrected chi connectivity index (χ3v) is 3.00. The first-order valence-electron chi connectivity index (χ1n) is 3.59. The number of nitrogens with zero attached hydrogens (tertiary/aromatic N) is 1. The van der Waals surface area contributed by atoms with Gasteiger partial charge in [-0.05, 0) is 12.8 Å².